The summed E-state index contributed by atoms with van der Waals surface area (Å²) >= 11 is 14.6. The third kappa shape index (κ3) is 4.17. The maximum Gasteiger partial charge on any atom is 0.271 e. The van der Waals surface area contributed by atoms with Crippen LogP contribution < -0.4 is 14.5 Å². The maximum absolute atomic E-state index is 14.4. The van der Waals surface area contributed by atoms with Crippen LogP contribution in [0.15, 0.2) is 78.4 Å². The van der Waals surface area contributed by atoms with Crippen LogP contribution in [0.4, 0.5) is 21.5 Å². The number of nitro groups is 1. The molecule has 3 fully saturated rings. The van der Waals surface area contributed by atoms with Crippen molar-refractivity contribution in [2.24, 2.45) is 17.8 Å². The van der Waals surface area contributed by atoms with Crippen LogP contribution >= 0.6 is 23.2 Å². The lowest BCUT2D eigenvalue weighted by Gasteiger charge is -2.50. The van der Waals surface area contributed by atoms with Crippen LogP contribution in [0, 0.1) is 33.7 Å². The first kappa shape index (κ1) is 30.8. The summed E-state index contributed by atoms with van der Waals surface area (Å²) < 4.78 is 19.2. The van der Waals surface area contributed by atoms with Crippen LogP contribution in [-0.4, -0.2) is 50.5 Å². The zero-order valence-electron chi connectivity index (χ0n) is 24.4. The number of aromatic hydroxyl groups is 1. The van der Waals surface area contributed by atoms with E-state index < -0.39 is 67.8 Å². The Kier molecular flexibility index (Phi) is 6.96. The zero-order valence-corrected chi connectivity index (χ0v) is 25.9. The number of carbonyl (C=O) groups excluding carboxylic acids is 4. The molecule has 6 atom stereocenters. The number of carbonyl (C=O) groups is 4. The quantitative estimate of drug-likeness (QED) is 0.127. The lowest BCUT2D eigenvalue weighted by molar-refractivity contribution is -0.384. The minimum Gasteiger partial charge on any atom is -0.508 e. The third-order valence-corrected chi connectivity index (χ3v) is 11.2. The highest BCUT2D eigenvalue weighted by Gasteiger charge is 2.77. The topological polar surface area (TPSA) is 147 Å². The Morgan fingerprint density at radius 3 is 2.34 bits per heavy atom. The lowest BCUT2D eigenvalue weighted by atomic mass is 9.56. The lowest BCUT2D eigenvalue weighted by Crippen LogP contribution is -2.60. The van der Waals surface area contributed by atoms with Crippen molar-refractivity contribution < 1.29 is 38.3 Å². The number of fused-ring (bicyclic) bond motifs is 4. The number of hydrogen-bond donors (Lipinski definition) is 1. The summed E-state index contributed by atoms with van der Waals surface area (Å²) in [6, 6.07) is 14.1. The van der Waals surface area contributed by atoms with Crippen molar-refractivity contribution in [2.45, 2.75) is 28.5 Å². The molecule has 0 aromatic heterocycles. The number of nitrogens with zero attached hydrogens (tertiary/aromatic N) is 3. The van der Waals surface area contributed by atoms with Gasteiger partial charge in [0, 0.05) is 23.6 Å². The van der Waals surface area contributed by atoms with Crippen molar-refractivity contribution in [3.05, 3.63) is 99.9 Å². The fourth-order valence-electron chi connectivity index (χ4n) is 7.64. The van der Waals surface area contributed by atoms with Gasteiger partial charge in [0.05, 0.1) is 35.2 Å². The van der Waals surface area contributed by atoms with Crippen molar-refractivity contribution in [1.29, 1.82) is 0 Å². The molecule has 0 unspecified atom stereocenters. The Bertz CT molecular complexity index is 1950. The molecule has 1 saturated carbocycles. The highest BCUT2D eigenvalue weighted by Crippen LogP contribution is 2.66. The Balaban J connectivity index is 1.40. The molecule has 240 valence electrons. The number of non-ortho nitro benzene ring substituents is 1. The second kappa shape index (κ2) is 10.6. The third-order valence-electron chi connectivity index (χ3n) is 9.74. The molecular formula is C33H24Cl2FN3O8. The van der Waals surface area contributed by atoms with E-state index >= 15 is 0 Å². The Morgan fingerprint density at radius 2 is 1.66 bits per heavy atom. The first-order chi connectivity index (χ1) is 22.3. The maximum atomic E-state index is 14.4. The van der Waals surface area contributed by atoms with E-state index in [4.69, 9.17) is 27.9 Å². The van der Waals surface area contributed by atoms with Crippen molar-refractivity contribution >= 4 is 63.9 Å². The predicted molar refractivity (Wildman–Crippen MR) is 167 cm³/mol. The van der Waals surface area contributed by atoms with Crippen molar-refractivity contribution in [2.75, 3.05) is 16.9 Å². The second-order valence-electron chi connectivity index (χ2n) is 12.0. The number of phenols is 1. The molecule has 2 saturated heterocycles. The summed E-state index contributed by atoms with van der Waals surface area (Å²) in [7, 11) is 1.40. The van der Waals surface area contributed by atoms with Crippen LogP contribution in [0.1, 0.15) is 24.3 Å². The van der Waals surface area contributed by atoms with Gasteiger partial charge in [-0.05, 0) is 67.3 Å². The predicted octanol–water partition coefficient (Wildman–Crippen LogP) is 5.22. The minimum absolute atomic E-state index is 0.0169. The number of phenolic OH excluding ortho intramolecular Hbond substituents is 1. The van der Waals surface area contributed by atoms with Gasteiger partial charge in [0.25, 0.3) is 17.5 Å². The number of hydrogen-bond acceptors (Lipinski definition) is 8. The van der Waals surface area contributed by atoms with Gasteiger partial charge in [-0.3, -0.25) is 29.3 Å². The SMILES string of the molecule is COc1ccc(O)c([C@H]2C3=CC[C@@H]4C(=O)N(c5cccc([N+](=O)[O-])c5)C(=O)[C@@H]4[C@@H]3C[C@@]3(Cl)C(=O)N(c4ccc(F)cc4)C(=O)[C@@]23Cl)c1. The van der Waals surface area contributed by atoms with Crippen LogP contribution in [0.2, 0.25) is 0 Å². The Morgan fingerprint density at radius 1 is 0.936 bits per heavy atom. The number of rotatable bonds is 5. The number of imide groups is 2. The van der Waals surface area contributed by atoms with Gasteiger partial charge in [-0.2, -0.15) is 0 Å². The highest BCUT2D eigenvalue weighted by molar-refractivity contribution is 6.58. The number of nitro benzene ring substituents is 1. The molecule has 4 aliphatic rings. The number of ether oxygens (including phenoxy) is 1. The number of halogens is 3. The number of methoxy groups -OCH3 is 1. The van der Waals surface area contributed by atoms with Gasteiger partial charge < -0.3 is 9.84 Å². The summed E-state index contributed by atoms with van der Waals surface area (Å²) in [6.07, 6.45) is 1.40. The van der Waals surface area contributed by atoms with Crippen molar-refractivity contribution in [3.63, 3.8) is 0 Å². The summed E-state index contributed by atoms with van der Waals surface area (Å²) in [5, 5.41) is 22.6. The van der Waals surface area contributed by atoms with Gasteiger partial charge in [-0.15, -0.1) is 23.2 Å². The first-order valence-electron chi connectivity index (χ1n) is 14.5. The van der Waals surface area contributed by atoms with Crippen molar-refractivity contribution in [3.8, 4) is 11.5 Å². The van der Waals surface area contributed by atoms with Gasteiger partial charge in [-0.1, -0.05) is 17.7 Å². The molecule has 1 N–H and O–H groups in total. The molecule has 7 rings (SSSR count). The van der Waals surface area contributed by atoms with E-state index in [0.717, 1.165) is 28.0 Å². The molecule has 14 heteroatoms. The fraction of sp³-hybridized carbons (Fsp3) is 0.273. The normalized spacial score (nSPS) is 29.7. The standard InChI is InChI=1S/C33H24Cl2FN3O8/c1-47-20-9-12-25(40)23(14-20)27-21-10-11-22-26(29(42)37(28(22)41)18-3-2-4-19(13-18)39(45)46)24(21)15-32(34)30(43)38(31(44)33(27,32)35)17-7-5-16(36)6-8-17/h2-10,12-14,22,24,26-27,40H,11,15H2,1H3/t22-,24+,26-,27+,32+,33-/m0/s1. The van der Waals surface area contributed by atoms with Gasteiger partial charge >= 0.3 is 0 Å². The van der Waals surface area contributed by atoms with E-state index in [9.17, 15) is 38.8 Å². The summed E-state index contributed by atoms with van der Waals surface area (Å²) in [5.41, 5.74) is 0.247. The van der Waals surface area contributed by atoms with Gasteiger partial charge in [0.15, 0.2) is 9.75 Å². The molecule has 2 aliphatic carbocycles. The molecule has 0 bridgehead atoms. The molecule has 3 aromatic carbocycles. The molecule has 2 heterocycles. The first-order valence-corrected chi connectivity index (χ1v) is 15.3. The number of alkyl halides is 2. The summed E-state index contributed by atoms with van der Waals surface area (Å²) in [5.74, 6) is -7.83. The van der Waals surface area contributed by atoms with Gasteiger partial charge in [-0.25, -0.2) is 14.2 Å². The van der Waals surface area contributed by atoms with Crippen LogP contribution in [0.25, 0.3) is 0 Å². The smallest absolute Gasteiger partial charge is 0.271 e. The molecule has 11 nitrogen and oxygen atoms in total. The van der Waals surface area contributed by atoms with E-state index in [0.29, 0.717) is 11.3 Å². The van der Waals surface area contributed by atoms with Crippen LogP contribution in [0.5, 0.6) is 11.5 Å². The molecule has 4 amide bonds. The van der Waals surface area contributed by atoms with E-state index in [1.165, 1.54) is 55.6 Å². The monoisotopic (exact) mass is 679 g/mol. The Hall–Kier alpha value is -4.81. The molecule has 2 aliphatic heterocycles. The number of amides is 4. The molecular weight excluding hydrogens is 656 g/mol. The highest BCUT2D eigenvalue weighted by atomic mass is 35.5. The molecule has 47 heavy (non-hydrogen) atoms. The van der Waals surface area contributed by atoms with E-state index in [2.05, 4.69) is 0 Å². The molecule has 0 spiro atoms. The summed E-state index contributed by atoms with van der Waals surface area (Å²) in [6.45, 7) is 0. The number of benzene rings is 3. The largest absolute Gasteiger partial charge is 0.508 e. The van der Waals surface area contributed by atoms with E-state index in [1.807, 2.05) is 0 Å². The van der Waals surface area contributed by atoms with Crippen LogP contribution in [-0.2, 0) is 19.2 Å². The fourth-order valence-corrected chi connectivity index (χ4v) is 8.56. The summed E-state index contributed by atoms with van der Waals surface area (Å²) in [4.78, 5) is 64.8. The Labute approximate surface area is 276 Å². The van der Waals surface area contributed by atoms with E-state index in [1.54, 1.807) is 6.08 Å². The second-order valence-corrected chi connectivity index (χ2v) is 13.2. The molecule has 3 aromatic rings. The van der Waals surface area contributed by atoms with Crippen molar-refractivity contribution in [1.82, 2.24) is 0 Å². The average molecular weight is 680 g/mol. The molecule has 0 radical (unpaired) electrons. The number of allylic oxidation sites excluding steroid dienone is 2. The average Bonchev–Trinajstić information content (AvgIpc) is 3.39. The zero-order chi connectivity index (χ0) is 33.6. The van der Waals surface area contributed by atoms with Gasteiger partial charge in [0.2, 0.25) is 11.8 Å². The minimum atomic E-state index is -2.25. The number of anilines is 2. The van der Waals surface area contributed by atoms with Crippen LogP contribution in [0.3, 0.4) is 0 Å². The van der Waals surface area contributed by atoms with E-state index in [-0.39, 0.29) is 41.2 Å². The van der Waals surface area contributed by atoms with Gasteiger partial charge in [0.1, 0.15) is 17.3 Å².